The van der Waals surface area contributed by atoms with Gasteiger partial charge in [0.15, 0.2) is 0 Å². The molecule has 0 aliphatic heterocycles. The van der Waals surface area contributed by atoms with E-state index in [1.54, 1.807) is 0 Å². The van der Waals surface area contributed by atoms with Crippen molar-refractivity contribution in [2.75, 3.05) is 11.5 Å². The van der Waals surface area contributed by atoms with Crippen molar-refractivity contribution in [3.05, 3.63) is 0 Å². The number of halogens is 13. The van der Waals surface area contributed by atoms with Gasteiger partial charge in [-0.2, -0.15) is 68.8 Å². The highest BCUT2D eigenvalue weighted by Gasteiger charge is 2.90. The van der Waals surface area contributed by atoms with E-state index < -0.39 is 97.1 Å². The van der Waals surface area contributed by atoms with E-state index in [0.29, 0.717) is 0 Å². The minimum absolute atomic E-state index is 0.183. The van der Waals surface area contributed by atoms with Crippen molar-refractivity contribution < 1.29 is 76.9 Å². The molecule has 0 aromatic carbocycles. The Bertz CT molecular complexity index is 765. The Morgan fingerprint density at radius 1 is 0.806 bits per heavy atom. The van der Waals surface area contributed by atoms with Gasteiger partial charge < -0.3 is 21.3 Å². The highest BCUT2D eigenvalue weighted by molar-refractivity contribution is 7.99. The van der Waals surface area contributed by atoms with Gasteiger partial charge in [0.2, 0.25) is 5.91 Å². The van der Waals surface area contributed by atoms with Crippen LogP contribution < -0.4 is 11.1 Å². The standard InChI is InChI=1S/C16H19F13N2O4S/c17-11(18,12(19,20)13(21,22)14(23,24)15(25,26)16(27,28)29)2-4-36-3-1-8(32)31-9(33)5-7(30)6-10(34)35/h7,9,33H,1-6,30H2,(H,31,32)(H,34,35). The van der Waals surface area contributed by atoms with Crippen LogP contribution in [0.2, 0.25) is 0 Å². The van der Waals surface area contributed by atoms with Gasteiger partial charge >= 0.3 is 41.8 Å². The molecule has 2 unspecified atom stereocenters. The highest BCUT2D eigenvalue weighted by atomic mass is 32.2. The molecule has 0 aromatic heterocycles. The van der Waals surface area contributed by atoms with Crippen LogP contribution in [0.3, 0.4) is 0 Å². The normalized spacial score (nSPS) is 16.0. The summed E-state index contributed by atoms with van der Waals surface area (Å²) in [6.45, 7) is 0. The highest BCUT2D eigenvalue weighted by Crippen LogP contribution is 2.60. The number of amides is 1. The molecule has 0 aliphatic carbocycles. The number of rotatable bonds is 15. The van der Waals surface area contributed by atoms with Crippen molar-refractivity contribution in [2.45, 2.75) is 73.7 Å². The molecule has 0 spiro atoms. The molecule has 0 aliphatic rings. The van der Waals surface area contributed by atoms with E-state index in [-0.39, 0.29) is 11.8 Å². The summed E-state index contributed by atoms with van der Waals surface area (Å²) in [6, 6.07) is -1.07. The third kappa shape index (κ3) is 7.65. The van der Waals surface area contributed by atoms with E-state index in [9.17, 15) is 71.8 Å². The number of carboxylic acid groups (broad SMARTS) is 1. The molecule has 0 radical (unpaired) electrons. The smallest absolute Gasteiger partial charge is 0.460 e. The van der Waals surface area contributed by atoms with Crippen LogP contribution in [0.4, 0.5) is 57.1 Å². The average Bonchev–Trinajstić information content (AvgIpc) is 2.64. The molecule has 0 bridgehead atoms. The molecular weight excluding hydrogens is 563 g/mol. The Morgan fingerprint density at radius 2 is 1.28 bits per heavy atom. The van der Waals surface area contributed by atoms with Gasteiger partial charge in [-0.1, -0.05) is 0 Å². The van der Waals surface area contributed by atoms with Gasteiger partial charge in [-0.25, -0.2) is 0 Å². The second-order valence-corrected chi connectivity index (χ2v) is 8.51. The summed E-state index contributed by atoms with van der Waals surface area (Å²) < 4.78 is 169. The molecule has 0 saturated carbocycles. The third-order valence-electron chi connectivity index (χ3n) is 4.32. The third-order valence-corrected chi connectivity index (χ3v) is 5.31. The number of nitrogens with one attached hydrogen (secondary N) is 1. The monoisotopic (exact) mass is 582 g/mol. The fourth-order valence-corrected chi connectivity index (χ4v) is 3.27. The van der Waals surface area contributed by atoms with E-state index in [1.165, 1.54) is 0 Å². The molecule has 6 nitrogen and oxygen atoms in total. The van der Waals surface area contributed by atoms with Crippen LogP contribution in [0, 0.1) is 0 Å². The Morgan fingerprint density at radius 3 is 1.72 bits per heavy atom. The van der Waals surface area contributed by atoms with Crippen molar-refractivity contribution in [3.63, 3.8) is 0 Å². The summed E-state index contributed by atoms with van der Waals surface area (Å²) in [7, 11) is 0. The zero-order chi connectivity index (χ0) is 29.0. The van der Waals surface area contributed by atoms with Crippen molar-refractivity contribution in [1.29, 1.82) is 0 Å². The zero-order valence-corrected chi connectivity index (χ0v) is 18.3. The number of carboxylic acids is 1. The number of aliphatic hydroxyl groups excluding tert-OH is 1. The van der Waals surface area contributed by atoms with Crippen LogP contribution in [-0.2, 0) is 9.59 Å². The van der Waals surface area contributed by atoms with E-state index in [0.717, 1.165) is 0 Å². The van der Waals surface area contributed by atoms with Crippen LogP contribution in [0.5, 0.6) is 0 Å². The minimum Gasteiger partial charge on any atom is -0.481 e. The second kappa shape index (κ2) is 11.8. The van der Waals surface area contributed by atoms with E-state index in [2.05, 4.69) is 0 Å². The number of nitrogens with two attached hydrogens (primary N) is 1. The van der Waals surface area contributed by atoms with Crippen molar-refractivity contribution >= 4 is 23.6 Å². The van der Waals surface area contributed by atoms with Crippen LogP contribution in [-0.4, -0.2) is 81.7 Å². The predicted molar refractivity (Wildman–Crippen MR) is 96.3 cm³/mol. The van der Waals surface area contributed by atoms with Gasteiger partial charge in [0.05, 0.1) is 6.42 Å². The van der Waals surface area contributed by atoms with Crippen LogP contribution in [0.1, 0.15) is 25.7 Å². The molecule has 0 rings (SSSR count). The summed E-state index contributed by atoms with van der Waals surface area (Å²) in [5, 5.41) is 19.9. The van der Waals surface area contributed by atoms with Crippen LogP contribution in [0.25, 0.3) is 0 Å². The van der Waals surface area contributed by atoms with E-state index >= 15 is 0 Å². The van der Waals surface area contributed by atoms with Gasteiger partial charge in [-0.05, 0) is 5.75 Å². The summed E-state index contributed by atoms with van der Waals surface area (Å²) >= 11 is 0.183. The molecule has 0 saturated heterocycles. The number of aliphatic hydroxyl groups is 1. The van der Waals surface area contributed by atoms with Gasteiger partial charge in [0.25, 0.3) is 0 Å². The first-order chi connectivity index (χ1) is 15.8. The SMILES string of the molecule is NC(CC(=O)O)CC(O)NC(=O)CCSCCC(F)(F)C(F)(F)C(F)(F)C(F)(F)C(F)(F)C(F)(F)F. The number of carbonyl (C=O) groups excluding carboxylic acids is 1. The Kier molecular flexibility index (Phi) is 11.2. The van der Waals surface area contributed by atoms with Crippen molar-refractivity contribution in [3.8, 4) is 0 Å². The molecule has 5 N–H and O–H groups in total. The lowest BCUT2D eigenvalue weighted by atomic mass is 9.93. The van der Waals surface area contributed by atoms with Gasteiger partial charge in [-0.3, -0.25) is 9.59 Å². The number of hydrogen-bond acceptors (Lipinski definition) is 5. The zero-order valence-electron chi connectivity index (χ0n) is 17.5. The molecule has 20 heteroatoms. The Labute approximate surface area is 197 Å². The lowest BCUT2D eigenvalue weighted by molar-refractivity contribution is -0.439. The van der Waals surface area contributed by atoms with Gasteiger partial charge in [0.1, 0.15) is 6.23 Å². The molecule has 214 valence electrons. The first kappa shape index (κ1) is 34.3. The van der Waals surface area contributed by atoms with E-state index in [1.807, 2.05) is 5.32 Å². The van der Waals surface area contributed by atoms with Gasteiger partial charge in [-0.15, -0.1) is 0 Å². The first-order valence-electron chi connectivity index (χ1n) is 9.33. The minimum atomic E-state index is -7.95. The topological polar surface area (TPSA) is 113 Å². The van der Waals surface area contributed by atoms with Crippen molar-refractivity contribution in [2.24, 2.45) is 5.73 Å². The molecule has 2 atom stereocenters. The largest absolute Gasteiger partial charge is 0.481 e. The van der Waals surface area contributed by atoms with Crippen molar-refractivity contribution in [1.82, 2.24) is 5.32 Å². The Balaban J connectivity index is 4.99. The molecular formula is C16H19F13N2O4S. The Hall–Kier alpha value is -1.70. The number of hydrogen-bond donors (Lipinski definition) is 4. The summed E-state index contributed by atoms with van der Waals surface area (Å²) in [5.74, 6) is -41.2. The molecule has 0 aromatic rings. The lowest BCUT2D eigenvalue weighted by Crippen LogP contribution is -2.70. The summed E-state index contributed by atoms with van der Waals surface area (Å²) in [4.78, 5) is 22.0. The quantitative estimate of drug-likeness (QED) is 0.133. The second-order valence-electron chi connectivity index (χ2n) is 7.29. The summed E-state index contributed by atoms with van der Waals surface area (Å²) in [5.41, 5.74) is 5.34. The molecule has 0 heterocycles. The fourth-order valence-electron chi connectivity index (χ4n) is 2.34. The summed E-state index contributed by atoms with van der Waals surface area (Å²) in [6.07, 6.45) is -13.1. The molecule has 36 heavy (non-hydrogen) atoms. The van der Waals surface area contributed by atoms with Gasteiger partial charge in [0, 0.05) is 31.1 Å². The molecule has 0 fully saturated rings. The molecule has 1 amide bonds. The number of aliphatic carboxylic acids is 1. The predicted octanol–water partition coefficient (Wildman–Crippen LogP) is 3.87. The average molecular weight is 582 g/mol. The first-order valence-corrected chi connectivity index (χ1v) is 10.5. The fraction of sp³-hybridized carbons (Fsp3) is 0.875. The van der Waals surface area contributed by atoms with Crippen LogP contribution in [0.15, 0.2) is 0 Å². The maximum atomic E-state index is 13.6. The maximum absolute atomic E-state index is 13.6. The number of thioether (sulfide) groups is 1. The van der Waals surface area contributed by atoms with E-state index in [4.69, 9.17) is 10.8 Å². The number of carbonyl (C=O) groups is 2. The van der Waals surface area contributed by atoms with Crippen LogP contribution >= 0.6 is 11.8 Å². The maximum Gasteiger partial charge on any atom is 0.460 e. The lowest BCUT2D eigenvalue weighted by Gasteiger charge is -2.39. The number of alkyl halides is 13.